The fourth-order valence-electron chi connectivity index (χ4n) is 3.53. The van der Waals surface area contributed by atoms with Crippen molar-refractivity contribution in [3.63, 3.8) is 0 Å². The molecule has 0 bridgehead atoms. The Hall–Kier alpha value is -4.31. The highest BCUT2D eigenvalue weighted by Crippen LogP contribution is 2.31. The van der Waals surface area contributed by atoms with E-state index in [1.54, 1.807) is 72.8 Å². The summed E-state index contributed by atoms with van der Waals surface area (Å²) in [7, 11) is 1.24. The largest absolute Gasteiger partial charge is 0.487 e. The van der Waals surface area contributed by atoms with Crippen molar-refractivity contribution < 1.29 is 32.2 Å². The Morgan fingerprint density at radius 2 is 1.61 bits per heavy atom. The summed E-state index contributed by atoms with van der Waals surface area (Å²) in [6.07, 6.45) is -4.62. The molecule has 0 saturated heterocycles. The van der Waals surface area contributed by atoms with Gasteiger partial charge in [-0.3, -0.25) is 9.59 Å². The van der Waals surface area contributed by atoms with Gasteiger partial charge in [-0.25, -0.2) is 4.68 Å². The summed E-state index contributed by atoms with van der Waals surface area (Å²) in [5.41, 5.74) is 1.48. The molecule has 0 aliphatic carbocycles. The van der Waals surface area contributed by atoms with Crippen LogP contribution in [-0.2, 0) is 22.3 Å². The van der Waals surface area contributed by atoms with E-state index < -0.39 is 23.7 Å². The van der Waals surface area contributed by atoms with Gasteiger partial charge in [0.05, 0.1) is 23.5 Å². The number of nitrogens with zero attached hydrogens (tertiary/aromatic N) is 2. The van der Waals surface area contributed by atoms with Gasteiger partial charge in [0.1, 0.15) is 18.9 Å². The number of aromatic nitrogens is 2. The van der Waals surface area contributed by atoms with Gasteiger partial charge in [-0.1, -0.05) is 48.0 Å². The molecule has 38 heavy (non-hydrogen) atoms. The maximum absolute atomic E-state index is 13.3. The topological polar surface area (TPSA) is 82.4 Å². The van der Waals surface area contributed by atoms with E-state index in [0.717, 1.165) is 21.9 Å². The van der Waals surface area contributed by atoms with Crippen LogP contribution in [0.25, 0.3) is 16.8 Å². The van der Waals surface area contributed by atoms with Gasteiger partial charge in [0.25, 0.3) is 5.91 Å². The number of amides is 1. The summed E-state index contributed by atoms with van der Waals surface area (Å²) in [6, 6.07) is 21.1. The van der Waals surface area contributed by atoms with Crippen LogP contribution in [-0.4, -0.2) is 35.3 Å². The zero-order chi connectivity index (χ0) is 27.3. The van der Waals surface area contributed by atoms with Gasteiger partial charge >= 0.3 is 12.1 Å². The molecule has 0 saturated carbocycles. The zero-order valence-corrected chi connectivity index (χ0v) is 20.7. The van der Waals surface area contributed by atoms with E-state index in [9.17, 15) is 22.8 Å². The second-order valence-electron chi connectivity index (χ2n) is 8.03. The van der Waals surface area contributed by atoms with Gasteiger partial charge < -0.3 is 14.8 Å². The summed E-state index contributed by atoms with van der Waals surface area (Å²) < 4.78 is 51.4. The Labute approximate surface area is 220 Å². The normalized spacial score (nSPS) is 11.2. The lowest BCUT2D eigenvalue weighted by Crippen LogP contribution is -2.30. The zero-order valence-electron chi connectivity index (χ0n) is 20.0. The van der Waals surface area contributed by atoms with Crippen LogP contribution in [0.3, 0.4) is 0 Å². The van der Waals surface area contributed by atoms with E-state index >= 15 is 0 Å². The van der Waals surface area contributed by atoms with Crippen LogP contribution in [0.5, 0.6) is 5.75 Å². The molecule has 4 aromatic rings. The molecule has 11 heteroatoms. The van der Waals surface area contributed by atoms with Gasteiger partial charge in [-0.05, 0) is 53.6 Å². The number of nitrogens with one attached hydrogen (secondary N) is 1. The molecule has 3 aromatic carbocycles. The molecule has 0 fully saturated rings. The third-order valence-electron chi connectivity index (χ3n) is 5.50. The molecule has 4 rings (SSSR count). The SMILES string of the molecule is COC(=O)CNC(=O)c1ccc(-c2ccc(OCc3cc(C(F)(F)F)nn3-c3ccccc3Cl)cc2)cc1. The monoisotopic (exact) mass is 543 g/mol. The molecule has 1 heterocycles. The minimum atomic E-state index is -4.62. The van der Waals surface area contributed by atoms with E-state index in [2.05, 4.69) is 15.2 Å². The minimum Gasteiger partial charge on any atom is -0.487 e. The van der Waals surface area contributed by atoms with Crippen LogP contribution in [0.4, 0.5) is 13.2 Å². The average molecular weight is 544 g/mol. The van der Waals surface area contributed by atoms with Crippen LogP contribution < -0.4 is 10.1 Å². The summed E-state index contributed by atoms with van der Waals surface area (Å²) in [4.78, 5) is 23.3. The number of carbonyl (C=O) groups excluding carboxylic acids is 2. The highest BCUT2D eigenvalue weighted by Gasteiger charge is 2.35. The third kappa shape index (κ3) is 6.33. The van der Waals surface area contributed by atoms with Crippen LogP contribution in [0.2, 0.25) is 5.02 Å². The number of alkyl halides is 3. The van der Waals surface area contributed by atoms with Crippen LogP contribution >= 0.6 is 11.6 Å². The Morgan fingerprint density at radius 1 is 0.974 bits per heavy atom. The summed E-state index contributed by atoms with van der Waals surface area (Å²) in [5.74, 6) is -0.519. The van der Waals surface area contributed by atoms with Crippen molar-refractivity contribution in [2.45, 2.75) is 12.8 Å². The Balaban J connectivity index is 1.45. The molecule has 0 aliphatic rings. The van der Waals surface area contributed by atoms with Gasteiger partial charge in [0.2, 0.25) is 0 Å². The number of rotatable bonds is 8. The molecule has 1 N–H and O–H groups in total. The summed E-state index contributed by atoms with van der Waals surface area (Å²) in [5, 5.41) is 6.42. The predicted octanol–water partition coefficient (Wildman–Crippen LogP) is 5.69. The highest BCUT2D eigenvalue weighted by molar-refractivity contribution is 6.32. The molecule has 0 atom stereocenters. The van der Waals surface area contributed by atoms with Crippen LogP contribution in [0, 0.1) is 0 Å². The molecule has 1 aromatic heterocycles. The van der Waals surface area contributed by atoms with Crippen LogP contribution in [0.15, 0.2) is 78.9 Å². The smallest absolute Gasteiger partial charge is 0.435 e. The van der Waals surface area contributed by atoms with Crippen molar-refractivity contribution in [3.05, 3.63) is 101 Å². The first-order valence-corrected chi connectivity index (χ1v) is 11.6. The van der Waals surface area contributed by atoms with Crippen LogP contribution in [0.1, 0.15) is 21.7 Å². The third-order valence-corrected chi connectivity index (χ3v) is 5.82. The van der Waals surface area contributed by atoms with Crippen molar-refractivity contribution in [2.75, 3.05) is 13.7 Å². The van der Waals surface area contributed by atoms with Crippen molar-refractivity contribution in [1.82, 2.24) is 15.1 Å². The van der Waals surface area contributed by atoms with Gasteiger partial charge in [-0.15, -0.1) is 0 Å². The van der Waals surface area contributed by atoms with Gasteiger partial charge in [0, 0.05) is 5.56 Å². The second-order valence-corrected chi connectivity index (χ2v) is 8.44. The molecule has 0 aliphatic heterocycles. The standard InChI is InChI=1S/C27H21ClF3N3O4/c1-37-25(35)15-32-26(36)19-8-6-17(7-9-19)18-10-12-21(13-11-18)38-16-20-14-24(27(29,30)31)33-34(20)23-5-3-2-4-22(23)28/h2-14H,15-16H2,1H3,(H,32,36). The fourth-order valence-corrected chi connectivity index (χ4v) is 3.75. The van der Waals surface area contributed by atoms with Gasteiger partial charge in [0.15, 0.2) is 5.69 Å². The van der Waals surface area contributed by atoms with Crippen molar-refractivity contribution in [2.24, 2.45) is 0 Å². The number of methoxy groups -OCH3 is 1. The molecule has 0 radical (unpaired) electrons. The number of hydrogen-bond donors (Lipinski definition) is 1. The summed E-state index contributed by atoms with van der Waals surface area (Å²) in [6.45, 7) is -0.404. The lowest BCUT2D eigenvalue weighted by atomic mass is 10.0. The quantitative estimate of drug-likeness (QED) is 0.289. The number of ether oxygens (including phenoxy) is 2. The second kappa shape index (κ2) is 11.4. The van der Waals surface area contributed by atoms with Crippen molar-refractivity contribution >= 4 is 23.5 Å². The Kier molecular flexibility index (Phi) is 8.02. The van der Waals surface area contributed by atoms with E-state index in [4.69, 9.17) is 16.3 Å². The maximum Gasteiger partial charge on any atom is 0.435 e. The van der Waals surface area contributed by atoms with Crippen molar-refractivity contribution in [3.8, 4) is 22.6 Å². The summed E-state index contributed by atoms with van der Waals surface area (Å²) >= 11 is 6.18. The molecule has 196 valence electrons. The number of carbonyl (C=O) groups is 2. The first-order valence-electron chi connectivity index (χ1n) is 11.2. The minimum absolute atomic E-state index is 0.176. The first kappa shape index (κ1) is 26.7. The lowest BCUT2D eigenvalue weighted by Gasteiger charge is -2.11. The number of para-hydroxylation sites is 1. The predicted molar refractivity (Wildman–Crippen MR) is 134 cm³/mol. The number of benzene rings is 3. The van der Waals surface area contributed by atoms with E-state index in [-0.39, 0.29) is 23.9 Å². The number of esters is 1. The first-order chi connectivity index (χ1) is 18.2. The molecule has 0 spiro atoms. The molecular weight excluding hydrogens is 523 g/mol. The fraction of sp³-hybridized carbons (Fsp3) is 0.148. The average Bonchev–Trinajstić information content (AvgIpc) is 3.36. The highest BCUT2D eigenvalue weighted by atomic mass is 35.5. The Bertz CT molecular complexity index is 1440. The lowest BCUT2D eigenvalue weighted by molar-refractivity contribution is -0.141. The Morgan fingerprint density at radius 3 is 2.21 bits per heavy atom. The van der Waals surface area contributed by atoms with E-state index in [1.807, 2.05) is 0 Å². The van der Waals surface area contributed by atoms with E-state index in [1.165, 1.54) is 7.11 Å². The molecule has 0 unspecified atom stereocenters. The van der Waals surface area contributed by atoms with Gasteiger partial charge in [-0.2, -0.15) is 18.3 Å². The molecule has 1 amide bonds. The van der Waals surface area contributed by atoms with Crippen molar-refractivity contribution in [1.29, 1.82) is 0 Å². The molecule has 7 nitrogen and oxygen atoms in total. The molecular formula is C27H21ClF3N3O4. The van der Waals surface area contributed by atoms with E-state index in [0.29, 0.717) is 17.0 Å². The number of halogens is 4. The number of hydrogen-bond acceptors (Lipinski definition) is 5. The maximum atomic E-state index is 13.3.